The molecule has 0 spiro atoms. The molecule has 4 nitrogen and oxygen atoms in total. The van der Waals surface area contributed by atoms with E-state index in [-0.39, 0.29) is 6.42 Å². The Bertz CT molecular complexity index is 679. The molecule has 1 N–H and O–H groups in total. The first kappa shape index (κ1) is 22.2. The monoisotopic (exact) mass is 385 g/mol. The highest BCUT2D eigenvalue weighted by atomic mass is 16.4. The minimum absolute atomic E-state index is 0.230. The molecule has 0 unspecified atom stereocenters. The lowest BCUT2D eigenvalue weighted by Gasteiger charge is -2.06. The number of aromatic nitrogens is 2. The van der Waals surface area contributed by atoms with Gasteiger partial charge in [-0.1, -0.05) is 82.2 Å². The molecule has 0 fully saturated rings. The maximum atomic E-state index is 10.8. The molecule has 0 radical (unpaired) electrons. The molecule has 0 aliphatic rings. The van der Waals surface area contributed by atoms with Crippen molar-refractivity contribution in [1.82, 2.24) is 4.57 Å². The van der Waals surface area contributed by atoms with Crippen LogP contribution >= 0.6 is 0 Å². The molecule has 1 heterocycles. The van der Waals surface area contributed by atoms with Crippen molar-refractivity contribution in [3.05, 3.63) is 54.1 Å². The van der Waals surface area contributed by atoms with Gasteiger partial charge in [-0.2, -0.15) is 0 Å². The molecule has 28 heavy (non-hydrogen) atoms. The third kappa shape index (κ3) is 8.28. The van der Waals surface area contributed by atoms with E-state index in [1.54, 1.807) is 0 Å². The summed E-state index contributed by atoms with van der Waals surface area (Å²) in [6, 6.07) is 10.5. The minimum atomic E-state index is -0.714. The highest BCUT2D eigenvalue weighted by Crippen LogP contribution is 2.11. The molecule has 0 amide bonds. The Hall–Kier alpha value is -2.10. The van der Waals surface area contributed by atoms with Crippen LogP contribution in [0.25, 0.3) is 0 Å². The average Bonchev–Trinajstić information content (AvgIpc) is 3.06. The van der Waals surface area contributed by atoms with E-state index in [0.29, 0.717) is 6.42 Å². The number of benzene rings is 1. The van der Waals surface area contributed by atoms with Gasteiger partial charge in [0.25, 0.3) is 5.82 Å². The molecule has 154 valence electrons. The summed E-state index contributed by atoms with van der Waals surface area (Å²) in [4.78, 5) is 10.8. The van der Waals surface area contributed by atoms with Crippen molar-refractivity contribution in [2.75, 3.05) is 0 Å². The summed E-state index contributed by atoms with van der Waals surface area (Å²) in [6.07, 6.45) is 16.8. The lowest BCUT2D eigenvalue weighted by Crippen LogP contribution is -2.38. The van der Waals surface area contributed by atoms with Crippen LogP contribution < -0.4 is 4.57 Å². The van der Waals surface area contributed by atoms with E-state index in [4.69, 9.17) is 5.11 Å². The van der Waals surface area contributed by atoms with E-state index < -0.39 is 5.97 Å². The molecule has 0 atom stereocenters. The van der Waals surface area contributed by atoms with E-state index in [1.165, 1.54) is 62.8 Å². The van der Waals surface area contributed by atoms with Gasteiger partial charge in [-0.15, -0.1) is 0 Å². The van der Waals surface area contributed by atoms with Crippen molar-refractivity contribution in [2.24, 2.45) is 0 Å². The van der Waals surface area contributed by atoms with Crippen LogP contribution in [0.5, 0.6) is 0 Å². The maximum Gasteiger partial charge on any atom is 0.303 e. The SMILES string of the molecule is CCCCCCCCCCc1n(CCCC(=O)O)cc[n+]1Cc1ccccc1. The largest absolute Gasteiger partial charge is 0.481 e. The summed E-state index contributed by atoms with van der Waals surface area (Å²) in [6.45, 7) is 3.91. The number of imidazole rings is 1. The van der Waals surface area contributed by atoms with Gasteiger partial charge >= 0.3 is 5.97 Å². The van der Waals surface area contributed by atoms with Crippen molar-refractivity contribution in [1.29, 1.82) is 0 Å². The molecule has 1 aromatic carbocycles. The number of rotatable bonds is 15. The fraction of sp³-hybridized carbons (Fsp3) is 0.583. The lowest BCUT2D eigenvalue weighted by atomic mass is 10.1. The van der Waals surface area contributed by atoms with Crippen LogP contribution in [0, 0.1) is 0 Å². The number of hydrogen-bond acceptors (Lipinski definition) is 1. The van der Waals surface area contributed by atoms with Crippen LogP contribution in [-0.4, -0.2) is 15.6 Å². The van der Waals surface area contributed by atoms with Crippen LogP contribution in [0.4, 0.5) is 0 Å². The number of carboxylic acid groups (broad SMARTS) is 1. The number of carboxylic acids is 1. The van der Waals surface area contributed by atoms with Crippen LogP contribution in [-0.2, 0) is 24.3 Å². The molecular weight excluding hydrogens is 348 g/mol. The van der Waals surface area contributed by atoms with Gasteiger partial charge in [-0.25, -0.2) is 9.13 Å². The van der Waals surface area contributed by atoms with Gasteiger partial charge in [0.05, 0.1) is 6.54 Å². The van der Waals surface area contributed by atoms with Crippen LogP contribution in [0.15, 0.2) is 42.7 Å². The van der Waals surface area contributed by atoms with Crippen molar-refractivity contribution in [3.8, 4) is 0 Å². The van der Waals surface area contributed by atoms with Gasteiger partial charge in [0.15, 0.2) is 0 Å². The third-order valence-electron chi connectivity index (χ3n) is 5.33. The molecule has 0 aliphatic heterocycles. The number of unbranched alkanes of at least 4 members (excludes halogenated alkanes) is 7. The molecule has 0 bridgehead atoms. The quantitative estimate of drug-likeness (QED) is 0.331. The molecule has 1 aromatic heterocycles. The zero-order chi connectivity index (χ0) is 20.0. The second kappa shape index (κ2) is 13.1. The fourth-order valence-corrected chi connectivity index (χ4v) is 3.73. The highest BCUT2D eigenvalue weighted by molar-refractivity contribution is 5.66. The van der Waals surface area contributed by atoms with Gasteiger partial charge in [0.1, 0.15) is 18.9 Å². The van der Waals surface area contributed by atoms with Gasteiger partial charge in [0.2, 0.25) is 0 Å². The number of nitrogens with zero attached hydrogens (tertiary/aromatic N) is 2. The van der Waals surface area contributed by atoms with E-state index in [9.17, 15) is 4.79 Å². The van der Waals surface area contributed by atoms with E-state index in [0.717, 1.165) is 19.5 Å². The highest BCUT2D eigenvalue weighted by Gasteiger charge is 2.17. The second-order valence-electron chi connectivity index (χ2n) is 7.74. The van der Waals surface area contributed by atoms with Crippen molar-refractivity contribution >= 4 is 5.97 Å². The van der Waals surface area contributed by atoms with Crippen LogP contribution in [0.1, 0.15) is 82.5 Å². The van der Waals surface area contributed by atoms with Crippen molar-refractivity contribution in [3.63, 3.8) is 0 Å². The molecule has 0 saturated carbocycles. The predicted molar refractivity (Wildman–Crippen MR) is 113 cm³/mol. The number of carbonyl (C=O) groups is 1. The number of hydrogen-bond donors (Lipinski definition) is 1. The Labute approximate surface area is 170 Å². The number of aliphatic carboxylic acids is 1. The lowest BCUT2D eigenvalue weighted by molar-refractivity contribution is -0.695. The zero-order valence-electron chi connectivity index (χ0n) is 17.5. The first-order valence-corrected chi connectivity index (χ1v) is 11.0. The topological polar surface area (TPSA) is 46.1 Å². The Morgan fingerprint density at radius 2 is 1.64 bits per heavy atom. The van der Waals surface area contributed by atoms with Crippen LogP contribution in [0.2, 0.25) is 0 Å². The molecule has 2 rings (SSSR count). The first-order valence-electron chi connectivity index (χ1n) is 11.0. The van der Waals surface area contributed by atoms with Crippen LogP contribution in [0.3, 0.4) is 0 Å². The molecule has 0 aliphatic carbocycles. The fourth-order valence-electron chi connectivity index (χ4n) is 3.73. The summed E-state index contributed by atoms with van der Waals surface area (Å²) < 4.78 is 4.59. The molecule has 2 aromatic rings. The maximum absolute atomic E-state index is 10.8. The Morgan fingerprint density at radius 3 is 2.32 bits per heavy atom. The van der Waals surface area contributed by atoms with E-state index >= 15 is 0 Å². The number of aryl methyl sites for hydroxylation is 1. The standard InChI is InChI=1S/C24H36N2O2/c1-2-3-4-5-6-7-8-12-16-23-25(18-13-17-24(27)28)19-20-26(23)21-22-14-10-9-11-15-22/h9-11,14-15,19-20H,2-8,12-13,16-18,21H2,1H3/p+1. The molecule has 4 heteroatoms. The summed E-state index contributed by atoms with van der Waals surface area (Å²) >= 11 is 0. The van der Waals surface area contributed by atoms with E-state index in [2.05, 4.69) is 52.7 Å². The minimum Gasteiger partial charge on any atom is -0.481 e. The zero-order valence-corrected chi connectivity index (χ0v) is 17.5. The normalized spacial score (nSPS) is 11.0. The average molecular weight is 386 g/mol. The predicted octanol–water partition coefficient (Wildman–Crippen LogP) is 5.37. The smallest absolute Gasteiger partial charge is 0.303 e. The summed E-state index contributed by atoms with van der Waals surface area (Å²) in [7, 11) is 0. The second-order valence-corrected chi connectivity index (χ2v) is 7.74. The van der Waals surface area contributed by atoms with Crippen molar-refractivity contribution < 1.29 is 14.5 Å². The van der Waals surface area contributed by atoms with Gasteiger partial charge in [0, 0.05) is 12.8 Å². The summed E-state index contributed by atoms with van der Waals surface area (Å²) in [5, 5.41) is 8.92. The Morgan fingerprint density at radius 1 is 0.964 bits per heavy atom. The molecule has 0 saturated heterocycles. The Balaban J connectivity index is 1.89. The van der Waals surface area contributed by atoms with Gasteiger partial charge < -0.3 is 5.11 Å². The van der Waals surface area contributed by atoms with E-state index in [1.807, 2.05) is 6.07 Å². The van der Waals surface area contributed by atoms with Gasteiger partial charge in [-0.05, 0) is 18.4 Å². The summed E-state index contributed by atoms with van der Waals surface area (Å²) in [5.41, 5.74) is 1.30. The van der Waals surface area contributed by atoms with Gasteiger partial charge in [-0.3, -0.25) is 4.79 Å². The molecular formula is C24H37N2O2+. The first-order chi connectivity index (χ1) is 13.7. The van der Waals surface area contributed by atoms with Crippen molar-refractivity contribution in [2.45, 2.75) is 90.6 Å². The summed E-state index contributed by atoms with van der Waals surface area (Å²) in [5.74, 6) is 0.606. The Kier molecular flexibility index (Phi) is 10.4. The third-order valence-corrected chi connectivity index (χ3v) is 5.33.